The molecule has 0 bridgehead atoms. The maximum absolute atomic E-state index is 11.8. The molecule has 1 aromatic rings. The van der Waals surface area contributed by atoms with Gasteiger partial charge in [-0.05, 0) is 25.8 Å². The Balaban J connectivity index is 2.30. The molecule has 1 aromatic heterocycles. The molecule has 21 heavy (non-hydrogen) atoms. The first-order valence-electron chi connectivity index (χ1n) is 6.62. The van der Waals surface area contributed by atoms with Crippen LogP contribution in [0.15, 0.2) is 20.9 Å². The van der Waals surface area contributed by atoms with Gasteiger partial charge in [0.15, 0.2) is 0 Å². The van der Waals surface area contributed by atoms with Crippen molar-refractivity contribution in [2.24, 2.45) is 5.11 Å². The largest absolute Gasteiger partial charge is 0.393 e. The molecule has 1 unspecified atom stereocenters. The molecule has 1 saturated heterocycles. The minimum absolute atomic E-state index is 0.303. The topological polar surface area (TPSA) is 133 Å². The molecule has 1 aliphatic rings. The second-order valence-corrected chi connectivity index (χ2v) is 5.20. The fourth-order valence-electron chi connectivity index (χ4n) is 2.42. The Morgan fingerprint density at radius 3 is 3.00 bits per heavy atom. The first-order chi connectivity index (χ1) is 9.92. The zero-order chi connectivity index (χ0) is 15.6. The summed E-state index contributed by atoms with van der Waals surface area (Å²) < 4.78 is 6.99. The highest BCUT2D eigenvalue weighted by molar-refractivity contribution is 5.02. The molecule has 1 fully saturated rings. The van der Waals surface area contributed by atoms with Crippen molar-refractivity contribution in [3.8, 4) is 0 Å². The molecule has 0 radical (unpaired) electrons. The summed E-state index contributed by atoms with van der Waals surface area (Å²) in [6.07, 6.45) is 0.324. The van der Waals surface area contributed by atoms with Gasteiger partial charge in [0.2, 0.25) is 0 Å². The number of hydrogen-bond donors (Lipinski definition) is 2. The molecule has 0 amide bonds. The molecular formula is C12H17N5O4. The van der Waals surface area contributed by atoms with Gasteiger partial charge in [-0.1, -0.05) is 5.11 Å². The zero-order valence-electron chi connectivity index (χ0n) is 11.8. The fraction of sp³-hybridized carbons (Fsp3) is 0.667. The van der Waals surface area contributed by atoms with E-state index in [4.69, 9.17) is 10.3 Å². The van der Waals surface area contributed by atoms with Gasteiger partial charge in [-0.2, -0.15) is 0 Å². The van der Waals surface area contributed by atoms with Crippen LogP contribution in [-0.4, -0.2) is 32.9 Å². The van der Waals surface area contributed by atoms with Gasteiger partial charge in [0.05, 0.1) is 18.2 Å². The van der Waals surface area contributed by atoms with E-state index >= 15 is 0 Å². The molecule has 1 aliphatic heterocycles. The van der Waals surface area contributed by atoms with Crippen LogP contribution in [0.25, 0.3) is 10.4 Å². The molecule has 0 saturated carbocycles. The number of nitrogens with one attached hydrogen (secondary N) is 1. The Labute approximate surface area is 119 Å². The average Bonchev–Trinajstić information content (AvgIpc) is 2.76. The van der Waals surface area contributed by atoms with Crippen molar-refractivity contribution in [3.63, 3.8) is 0 Å². The van der Waals surface area contributed by atoms with Gasteiger partial charge in [-0.15, -0.1) is 0 Å². The van der Waals surface area contributed by atoms with Crippen molar-refractivity contribution in [1.82, 2.24) is 9.55 Å². The third-order valence-electron chi connectivity index (χ3n) is 3.43. The number of aryl methyl sites for hydroxylation is 1. The normalized spacial score (nSPS) is 26.3. The molecule has 2 heterocycles. The number of nitrogens with zero attached hydrogens (tertiary/aromatic N) is 4. The van der Waals surface area contributed by atoms with Crippen LogP contribution in [0.1, 0.15) is 31.6 Å². The Morgan fingerprint density at radius 2 is 2.38 bits per heavy atom. The number of ether oxygens (including phenoxy) is 1. The van der Waals surface area contributed by atoms with E-state index in [1.54, 1.807) is 13.8 Å². The summed E-state index contributed by atoms with van der Waals surface area (Å²) in [5.41, 5.74) is 7.96. The second-order valence-electron chi connectivity index (χ2n) is 5.20. The van der Waals surface area contributed by atoms with Crippen molar-refractivity contribution < 1.29 is 9.84 Å². The standard InChI is InChI=1S/C12H17N5O4/c1-6-5-17(12(20)14-11(6)19)10-4-8(15-16-13)9(21-10)3-7(2)18/h5,7-10,18H,3-4H2,1-2H3,(H,14,19,20)/t7?,8-,9+,10+/m0/s1. The highest BCUT2D eigenvalue weighted by Gasteiger charge is 2.36. The van der Waals surface area contributed by atoms with Gasteiger partial charge in [0.25, 0.3) is 5.56 Å². The van der Waals surface area contributed by atoms with Gasteiger partial charge >= 0.3 is 5.69 Å². The van der Waals surface area contributed by atoms with Gasteiger partial charge in [0, 0.05) is 23.1 Å². The summed E-state index contributed by atoms with van der Waals surface area (Å²) in [6.45, 7) is 3.20. The van der Waals surface area contributed by atoms with E-state index in [0.29, 0.717) is 18.4 Å². The Hall–Kier alpha value is -2.09. The lowest BCUT2D eigenvalue weighted by Crippen LogP contribution is -2.33. The predicted octanol–water partition coefficient (Wildman–Crippen LogP) is 0.582. The van der Waals surface area contributed by atoms with Gasteiger partial charge in [-0.3, -0.25) is 14.3 Å². The maximum Gasteiger partial charge on any atom is 0.330 e. The van der Waals surface area contributed by atoms with Crippen molar-refractivity contribution in [3.05, 3.63) is 43.0 Å². The quantitative estimate of drug-likeness (QED) is 0.477. The average molecular weight is 295 g/mol. The van der Waals surface area contributed by atoms with Crippen molar-refractivity contribution in [2.45, 2.75) is 51.2 Å². The van der Waals surface area contributed by atoms with Crippen LogP contribution in [0.3, 0.4) is 0 Å². The van der Waals surface area contributed by atoms with Crippen molar-refractivity contribution >= 4 is 0 Å². The Morgan fingerprint density at radius 1 is 1.67 bits per heavy atom. The summed E-state index contributed by atoms with van der Waals surface area (Å²) in [7, 11) is 0. The molecule has 114 valence electrons. The molecular weight excluding hydrogens is 278 g/mol. The SMILES string of the molecule is Cc1cn([C@H]2C[C@H](N=[N+]=[N-])[C@@H](CC(C)O)O2)c(=O)[nH]c1=O. The summed E-state index contributed by atoms with van der Waals surface area (Å²) in [4.78, 5) is 28.2. The highest BCUT2D eigenvalue weighted by atomic mass is 16.5. The molecule has 0 aliphatic carbocycles. The zero-order valence-corrected chi connectivity index (χ0v) is 11.8. The fourth-order valence-corrected chi connectivity index (χ4v) is 2.42. The highest BCUT2D eigenvalue weighted by Crippen LogP contribution is 2.32. The van der Waals surface area contributed by atoms with Crippen molar-refractivity contribution in [1.29, 1.82) is 0 Å². The number of aliphatic hydroxyl groups is 1. The summed E-state index contributed by atoms with van der Waals surface area (Å²) in [5, 5.41) is 13.1. The molecule has 0 aromatic carbocycles. The molecule has 4 atom stereocenters. The van der Waals surface area contributed by atoms with Crippen LogP contribution in [0, 0.1) is 6.92 Å². The number of H-pyrrole nitrogens is 1. The summed E-state index contributed by atoms with van der Waals surface area (Å²) in [5.74, 6) is 0. The Kier molecular flexibility index (Phi) is 4.46. The number of aromatic amines is 1. The van der Waals surface area contributed by atoms with Gasteiger partial charge in [-0.25, -0.2) is 4.79 Å². The van der Waals surface area contributed by atoms with Crippen LogP contribution in [-0.2, 0) is 4.74 Å². The van der Waals surface area contributed by atoms with E-state index in [1.165, 1.54) is 10.8 Å². The van der Waals surface area contributed by atoms with E-state index in [9.17, 15) is 14.7 Å². The first kappa shape index (κ1) is 15.3. The molecule has 9 heteroatoms. The van der Waals surface area contributed by atoms with Gasteiger partial charge < -0.3 is 9.84 Å². The monoisotopic (exact) mass is 295 g/mol. The van der Waals surface area contributed by atoms with E-state index < -0.39 is 35.7 Å². The third kappa shape index (κ3) is 3.33. The third-order valence-corrected chi connectivity index (χ3v) is 3.43. The number of hydrogen-bond acceptors (Lipinski definition) is 5. The molecule has 2 rings (SSSR count). The summed E-state index contributed by atoms with van der Waals surface area (Å²) >= 11 is 0. The number of azide groups is 1. The lowest BCUT2D eigenvalue weighted by molar-refractivity contribution is -0.0225. The molecule has 2 N–H and O–H groups in total. The second kappa shape index (κ2) is 6.13. The number of rotatable bonds is 4. The predicted molar refractivity (Wildman–Crippen MR) is 73.8 cm³/mol. The van der Waals surface area contributed by atoms with E-state index in [0.717, 1.165) is 0 Å². The van der Waals surface area contributed by atoms with Crippen LogP contribution < -0.4 is 11.2 Å². The molecule has 9 nitrogen and oxygen atoms in total. The van der Waals surface area contributed by atoms with E-state index in [-0.39, 0.29) is 0 Å². The lowest BCUT2D eigenvalue weighted by Gasteiger charge is -2.17. The molecule has 0 spiro atoms. The van der Waals surface area contributed by atoms with Crippen LogP contribution >= 0.6 is 0 Å². The minimum atomic E-state index is -0.632. The maximum atomic E-state index is 11.8. The van der Waals surface area contributed by atoms with Crippen LogP contribution in [0.2, 0.25) is 0 Å². The minimum Gasteiger partial charge on any atom is -0.393 e. The number of aromatic nitrogens is 2. The number of aliphatic hydroxyl groups excluding tert-OH is 1. The first-order valence-corrected chi connectivity index (χ1v) is 6.62. The van der Waals surface area contributed by atoms with E-state index in [2.05, 4.69) is 15.0 Å². The van der Waals surface area contributed by atoms with Crippen LogP contribution in [0.4, 0.5) is 0 Å². The van der Waals surface area contributed by atoms with Crippen molar-refractivity contribution in [2.75, 3.05) is 0 Å². The Bertz CT molecular complexity index is 673. The van der Waals surface area contributed by atoms with E-state index in [1.807, 2.05) is 0 Å². The lowest BCUT2D eigenvalue weighted by atomic mass is 10.1. The summed E-state index contributed by atoms with van der Waals surface area (Å²) in [6, 6.07) is -0.464. The van der Waals surface area contributed by atoms with Crippen LogP contribution in [0.5, 0.6) is 0 Å². The van der Waals surface area contributed by atoms with Gasteiger partial charge in [0.1, 0.15) is 6.23 Å². The smallest absolute Gasteiger partial charge is 0.330 e.